The summed E-state index contributed by atoms with van der Waals surface area (Å²) in [5.74, 6) is 0.901. The fourth-order valence-corrected chi connectivity index (χ4v) is 2.10. The fourth-order valence-electron chi connectivity index (χ4n) is 1.46. The summed E-state index contributed by atoms with van der Waals surface area (Å²) < 4.78 is 13.9. The van der Waals surface area contributed by atoms with Crippen LogP contribution in [0.5, 0.6) is 0 Å². The van der Waals surface area contributed by atoms with Gasteiger partial charge < -0.3 is 5.32 Å². The first-order chi connectivity index (χ1) is 8.56. The monoisotopic (exact) mass is 329 g/mol. The van der Waals surface area contributed by atoms with Crippen molar-refractivity contribution in [3.05, 3.63) is 45.5 Å². The average Bonchev–Trinajstić information content (AvgIpc) is 2.26. The Labute approximate surface area is 118 Å². The Hall–Kier alpha value is -1.20. The van der Waals surface area contributed by atoms with Crippen molar-refractivity contribution in [3.8, 4) is 0 Å². The molecule has 1 heterocycles. The van der Waals surface area contributed by atoms with Gasteiger partial charge in [0.05, 0.1) is 0 Å². The molecule has 0 bridgehead atoms. The molecule has 0 fully saturated rings. The number of nitrogens with one attached hydrogen (secondary N) is 1. The van der Waals surface area contributed by atoms with Gasteiger partial charge in [-0.3, -0.25) is 0 Å². The number of anilines is 2. The number of hydrogen-bond acceptors (Lipinski definition) is 3. The van der Waals surface area contributed by atoms with Crippen molar-refractivity contribution in [3.63, 3.8) is 0 Å². The molecule has 1 aromatic heterocycles. The van der Waals surface area contributed by atoms with Crippen LogP contribution in [0.4, 0.5) is 15.9 Å². The van der Waals surface area contributed by atoms with Crippen molar-refractivity contribution in [1.29, 1.82) is 0 Å². The molecule has 0 aliphatic heterocycles. The zero-order valence-electron chi connectivity index (χ0n) is 9.54. The molecule has 0 unspecified atom stereocenters. The van der Waals surface area contributed by atoms with Crippen LogP contribution in [0, 0.1) is 5.82 Å². The van der Waals surface area contributed by atoms with Crippen molar-refractivity contribution < 1.29 is 4.39 Å². The number of aryl methyl sites for hydroxylation is 1. The van der Waals surface area contributed by atoms with E-state index in [1.165, 1.54) is 12.1 Å². The van der Waals surface area contributed by atoms with E-state index >= 15 is 0 Å². The summed E-state index contributed by atoms with van der Waals surface area (Å²) in [6, 6.07) is 5.96. The summed E-state index contributed by atoms with van der Waals surface area (Å²) in [5.41, 5.74) is 0.549. The third-order valence-electron chi connectivity index (χ3n) is 2.19. The van der Waals surface area contributed by atoms with E-state index in [0.717, 1.165) is 6.42 Å². The van der Waals surface area contributed by atoms with Crippen molar-refractivity contribution in [1.82, 2.24) is 9.97 Å². The molecule has 0 amide bonds. The summed E-state index contributed by atoms with van der Waals surface area (Å²) in [7, 11) is 0. The molecule has 0 saturated carbocycles. The molecule has 18 heavy (non-hydrogen) atoms. The van der Waals surface area contributed by atoms with Crippen molar-refractivity contribution in [2.45, 2.75) is 13.3 Å². The van der Waals surface area contributed by atoms with Crippen molar-refractivity contribution in [2.24, 2.45) is 0 Å². The average molecular weight is 331 g/mol. The standard InChI is InChI=1S/C12H10BrClFN3/c1-2-11-17-10(13)6-12(18-11)16-9-4-7(14)3-8(15)5-9/h3-6H,2H2,1H3,(H,16,17,18). The van der Waals surface area contributed by atoms with E-state index in [1.807, 2.05) is 6.92 Å². The molecule has 0 saturated heterocycles. The van der Waals surface area contributed by atoms with E-state index < -0.39 is 5.82 Å². The third-order valence-corrected chi connectivity index (χ3v) is 2.82. The van der Waals surface area contributed by atoms with Crippen molar-refractivity contribution >= 4 is 39.0 Å². The molecule has 6 heteroatoms. The predicted octanol–water partition coefficient (Wildman–Crippen LogP) is 4.34. The smallest absolute Gasteiger partial charge is 0.135 e. The molecule has 0 spiro atoms. The second kappa shape index (κ2) is 5.63. The van der Waals surface area contributed by atoms with Crippen LogP contribution in [-0.2, 0) is 6.42 Å². The van der Waals surface area contributed by atoms with Gasteiger partial charge in [-0.25, -0.2) is 14.4 Å². The molecule has 3 nitrogen and oxygen atoms in total. The molecule has 0 radical (unpaired) electrons. The van der Waals surface area contributed by atoms with Gasteiger partial charge in [0.1, 0.15) is 22.1 Å². The van der Waals surface area contributed by atoms with Gasteiger partial charge in [0.25, 0.3) is 0 Å². The lowest BCUT2D eigenvalue weighted by Crippen LogP contribution is -2.00. The molecule has 0 atom stereocenters. The highest BCUT2D eigenvalue weighted by Gasteiger charge is 2.04. The maximum absolute atomic E-state index is 13.2. The maximum Gasteiger partial charge on any atom is 0.135 e. The number of rotatable bonds is 3. The Balaban J connectivity index is 2.30. The summed E-state index contributed by atoms with van der Waals surface area (Å²) >= 11 is 9.09. The summed E-state index contributed by atoms with van der Waals surface area (Å²) in [6.45, 7) is 1.96. The Bertz CT molecular complexity index is 557. The zero-order valence-corrected chi connectivity index (χ0v) is 11.9. The number of halogens is 3. The molecule has 1 aromatic carbocycles. The molecule has 2 aromatic rings. The van der Waals surface area contributed by atoms with E-state index in [1.54, 1.807) is 12.1 Å². The van der Waals surface area contributed by atoms with Crippen LogP contribution in [0.2, 0.25) is 5.02 Å². The molecule has 2 rings (SSSR count). The molecule has 1 N–H and O–H groups in total. The first-order valence-corrected chi connectivity index (χ1v) is 6.50. The fraction of sp³-hybridized carbons (Fsp3) is 0.167. The van der Waals surface area contributed by atoms with Crippen LogP contribution >= 0.6 is 27.5 Å². The lowest BCUT2D eigenvalue weighted by molar-refractivity contribution is 0.628. The second-order valence-corrected chi connectivity index (χ2v) is 4.88. The molecule has 0 aliphatic rings. The van der Waals surface area contributed by atoms with Gasteiger partial charge >= 0.3 is 0 Å². The Morgan fingerprint density at radius 3 is 2.72 bits per heavy atom. The normalized spacial score (nSPS) is 10.4. The van der Waals surface area contributed by atoms with Gasteiger partial charge in [0.15, 0.2) is 0 Å². The van der Waals surface area contributed by atoms with Gasteiger partial charge in [0.2, 0.25) is 0 Å². The van der Waals surface area contributed by atoms with E-state index in [0.29, 0.717) is 27.0 Å². The lowest BCUT2D eigenvalue weighted by Gasteiger charge is -2.08. The highest BCUT2D eigenvalue weighted by molar-refractivity contribution is 9.10. The SMILES string of the molecule is CCc1nc(Br)cc(Nc2cc(F)cc(Cl)c2)n1. The number of aromatic nitrogens is 2. The van der Waals surface area contributed by atoms with E-state index in [2.05, 4.69) is 31.2 Å². The highest BCUT2D eigenvalue weighted by Crippen LogP contribution is 2.22. The third kappa shape index (κ3) is 3.40. The van der Waals surface area contributed by atoms with E-state index in [-0.39, 0.29) is 0 Å². The quantitative estimate of drug-likeness (QED) is 0.851. The zero-order chi connectivity index (χ0) is 13.1. The minimum atomic E-state index is -0.395. The summed E-state index contributed by atoms with van der Waals surface area (Å²) in [6.07, 6.45) is 0.720. The minimum absolute atomic E-state index is 0.335. The van der Waals surface area contributed by atoms with Crippen LogP contribution in [0.3, 0.4) is 0 Å². The largest absolute Gasteiger partial charge is 0.340 e. The maximum atomic E-state index is 13.2. The summed E-state index contributed by atoms with van der Waals surface area (Å²) in [4.78, 5) is 8.48. The Morgan fingerprint density at radius 2 is 2.06 bits per heavy atom. The minimum Gasteiger partial charge on any atom is -0.340 e. The van der Waals surface area contributed by atoms with Gasteiger partial charge in [-0.1, -0.05) is 18.5 Å². The van der Waals surface area contributed by atoms with Crippen molar-refractivity contribution in [2.75, 3.05) is 5.32 Å². The number of hydrogen-bond donors (Lipinski definition) is 1. The molecule has 0 aliphatic carbocycles. The number of nitrogens with zero attached hydrogens (tertiary/aromatic N) is 2. The highest BCUT2D eigenvalue weighted by atomic mass is 79.9. The lowest BCUT2D eigenvalue weighted by atomic mass is 10.3. The van der Waals surface area contributed by atoms with Crippen LogP contribution in [-0.4, -0.2) is 9.97 Å². The van der Waals surface area contributed by atoms with Crippen LogP contribution in [0.25, 0.3) is 0 Å². The number of benzene rings is 1. The van der Waals surface area contributed by atoms with Crippen LogP contribution in [0.15, 0.2) is 28.9 Å². The van der Waals surface area contributed by atoms with Crippen LogP contribution < -0.4 is 5.32 Å². The predicted molar refractivity (Wildman–Crippen MR) is 73.8 cm³/mol. The van der Waals surface area contributed by atoms with E-state index in [4.69, 9.17) is 11.6 Å². The molecule has 94 valence electrons. The first kappa shape index (κ1) is 13.2. The van der Waals surface area contributed by atoms with E-state index in [9.17, 15) is 4.39 Å². The molecular formula is C12H10BrClFN3. The topological polar surface area (TPSA) is 37.8 Å². The van der Waals surface area contributed by atoms with Gasteiger partial charge in [0, 0.05) is 23.2 Å². The molecular weight excluding hydrogens is 321 g/mol. The Morgan fingerprint density at radius 1 is 1.28 bits per heavy atom. The Kier molecular flexibility index (Phi) is 4.14. The second-order valence-electron chi connectivity index (χ2n) is 3.63. The summed E-state index contributed by atoms with van der Waals surface area (Å²) in [5, 5.41) is 3.33. The van der Waals surface area contributed by atoms with Gasteiger partial charge in [-0.05, 0) is 34.1 Å². The first-order valence-electron chi connectivity index (χ1n) is 5.33. The van der Waals surface area contributed by atoms with Gasteiger partial charge in [-0.2, -0.15) is 0 Å². The van der Waals surface area contributed by atoms with Crippen LogP contribution in [0.1, 0.15) is 12.7 Å². The van der Waals surface area contributed by atoms with Gasteiger partial charge in [-0.15, -0.1) is 0 Å².